The van der Waals surface area contributed by atoms with Crippen LogP contribution in [-0.4, -0.2) is 46.4 Å². The van der Waals surface area contributed by atoms with Crippen molar-refractivity contribution >= 4 is 68.4 Å². The van der Waals surface area contributed by atoms with Crippen LogP contribution in [0.3, 0.4) is 0 Å². The average Bonchev–Trinajstić information content (AvgIpc) is 3.42. The predicted molar refractivity (Wildman–Crippen MR) is 211 cm³/mol. The Bertz CT molecular complexity index is 2530. The quantitative estimate of drug-likeness (QED) is 0.166. The highest BCUT2D eigenvalue weighted by Crippen LogP contribution is 2.52. The van der Waals surface area contributed by atoms with Crippen LogP contribution in [0.25, 0.3) is 11.0 Å². The Balaban J connectivity index is 1.24. The van der Waals surface area contributed by atoms with E-state index in [-0.39, 0.29) is 6.71 Å². The van der Waals surface area contributed by atoms with Gasteiger partial charge < -0.3 is 37.7 Å². The maximum Gasteiger partial charge on any atom is 0.257 e. The molecule has 6 heterocycles. The SMILES string of the molecule is Cc1cc2c3c(c1)N(c1c(C)cc4c(c1C)OCCCO4)c1oc4ccccc4c1B3c1cc3c(cc1N2c1ccc2c(c1)OCCCO2)OCCCO3. The highest BCUT2D eigenvalue weighted by molar-refractivity contribution is 7.01. The number of para-hydroxylation sites is 1. The van der Waals surface area contributed by atoms with Crippen molar-refractivity contribution in [1.82, 2.24) is 0 Å². The number of fused-ring (bicyclic) bond motifs is 9. The lowest BCUT2D eigenvalue weighted by Gasteiger charge is -2.43. The van der Waals surface area contributed by atoms with Crippen molar-refractivity contribution in [3.05, 3.63) is 89.5 Å². The molecule has 0 saturated heterocycles. The first-order chi connectivity index (χ1) is 26.5. The van der Waals surface area contributed by atoms with E-state index in [0.29, 0.717) is 39.6 Å². The fourth-order valence-corrected chi connectivity index (χ4v) is 9.01. The fourth-order valence-electron chi connectivity index (χ4n) is 9.01. The summed E-state index contributed by atoms with van der Waals surface area (Å²) in [6.07, 6.45) is 2.49. The first-order valence-corrected chi connectivity index (χ1v) is 19.0. The highest BCUT2D eigenvalue weighted by Gasteiger charge is 2.47. The smallest absolute Gasteiger partial charge is 0.257 e. The molecule has 9 nitrogen and oxygen atoms in total. The van der Waals surface area contributed by atoms with Gasteiger partial charge in [-0.15, -0.1) is 0 Å². The molecule has 1 aromatic heterocycles. The Morgan fingerprint density at radius 1 is 0.556 bits per heavy atom. The first kappa shape index (κ1) is 31.6. The van der Waals surface area contributed by atoms with Gasteiger partial charge in [0, 0.05) is 64.9 Å². The van der Waals surface area contributed by atoms with Crippen LogP contribution in [0.2, 0.25) is 0 Å². The van der Waals surface area contributed by atoms with Crippen molar-refractivity contribution in [1.29, 1.82) is 0 Å². The Labute approximate surface area is 314 Å². The molecule has 6 aromatic rings. The molecule has 0 amide bonds. The second-order valence-corrected chi connectivity index (χ2v) is 14.8. The summed E-state index contributed by atoms with van der Waals surface area (Å²) < 4.78 is 44.7. The van der Waals surface area contributed by atoms with Gasteiger partial charge in [0.15, 0.2) is 34.5 Å². The van der Waals surface area contributed by atoms with Crippen molar-refractivity contribution in [2.45, 2.75) is 40.0 Å². The van der Waals surface area contributed by atoms with Gasteiger partial charge in [-0.1, -0.05) is 18.2 Å². The molecule has 270 valence electrons. The Kier molecular flexibility index (Phi) is 7.06. The van der Waals surface area contributed by atoms with Crippen LogP contribution in [0.5, 0.6) is 34.5 Å². The summed E-state index contributed by atoms with van der Waals surface area (Å²) in [6, 6.07) is 25.7. The summed E-state index contributed by atoms with van der Waals surface area (Å²) in [5.41, 5.74) is 12.6. The van der Waals surface area contributed by atoms with Gasteiger partial charge in [0.1, 0.15) is 5.58 Å². The number of aryl methyl sites for hydroxylation is 2. The third-order valence-corrected chi connectivity index (χ3v) is 11.3. The molecule has 0 unspecified atom stereocenters. The minimum atomic E-state index is -0.171. The molecule has 0 N–H and O–H groups in total. The van der Waals surface area contributed by atoms with Crippen molar-refractivity contribution in [2.75, 3.05) is 49.4 Å². The molecule has 10 heteroatoms. The van der Waals surface area contributed by atoms with Crippen molar-refractivity contribution in [3.63, 3.8) is 0 Å². The molecular weight excluding hydrogens is 679 g/mol. The largest absolute Gasteiger partial charge is 0.490 e. The van der Waals surface area contributed by atoms with Crippen molar-refractivity contribution < 1.29 is 32.8 Å². The Hall–Kier alpha value is -5.90. The number of ether oxygens (including phenoxy) is 6. The molecule has 5 aliphatic heterocycles. The minimum Gasteiger partial charge on any atom is -0.490 e. The zero-order chi connectivity index (χ0) is 36.1. The maximum absolute atomic E-state index is 7.02. The van der Waals surface area contributed by atoms with Gasteiger partial charge in [-0.2, -0.15) is 0 Å². The molecule has 54 heavy (non-hydrogen) atoms. The molecule has 5 aliphatic rings. The lowest BCUT2D eigenvalue weighted by Crippen LogP contribution is -2.61. The van der Waals surface area contributed by atoms with Crippen LogP contribution in [0.15, 0.2) is 77.2 Å². The molecule has 0 spiro atoms. The average molecular weight is 719 g/mol. The predicted octanol–water partition coefficient (Wildman–Crippen LogP) is 7.92. The molecule has 0 saturated carbocycles. The second kappa shape index (κ2) is 12.1. The number of hydrogen-bond donors (Lipinski definition) is 0. The molecule has 0 bridgehead atoms. The van der Waals surface area contributed by atoms with Gasteiger partial charge in [-0.3, -0.25) is 4.90 Å². The Morgan fingerprint density at radius 3 is 1.98 bits per heavy atom. The molecule has 11 rings (SSSR count). The van der Waals surface area contributed by atoms with E-state index < -0.39 is 0 Å². The number of furan rings is 1. The van der Waals surface area contributed by atoms with E-state index in [1.54, 1.807) is 0 Å². The Morgan fingerprint density at radius 2 is 1.20 bits per heavy atom. The van der Waals surface area contributed by atoms with E-state index in [2.05, 4.69) is 91.2 Å². The standard InChI is InChI=1S/C44H39BN2O7/c1-25-19-32-41-33(20-25)47(42-26(2)21-39-43(27(42)3)53-18-8-17-52-39)44-40(29-9-4-5-10-34(29)54-44)45(41)30-23-37-38(51-16-7-15-50-37)24-31(30)46(32)28-11-12-35-36(22-28)49-14-6-13-48-35/h4-5,9-12,19-24H,6-8,13-18H2,1-3H3. The molecular formula is C44H39BN2O7. The van der Waals surface area contributed by atoms with Gasteiger partial charge in [-0.05, 0) is 85.3 Å². The van der Waals surface area contributed by atoms with Gasteiger partial charge in [0.25, 0.3) is 6.71 Å². The van der Waals surface area contributed by atoms with Gasteiger partial charge in [0.2, 0.25) is 5.88 Å². The van der Waals surface area contributed by atoms with Crippen molar-refractivity contribution in [2.24, 2.45) is 0 Å². The zero-order valence-corrected chi connectivity index (χ0v) is 30.6. The third-order valence-electron chi connectivity index (χ3n) is 11.3. The number of rotatable bonds is 2. The summed E-state index contributed by atoms with van der Waals surface area (Å²) in [7, 11) is 0. The van der Waals surface area contributed by atoms with Crippen molar-refractivity contribution in [3.8, 4) is 34.5 Å². The van der Waals surface area contributed by atoms with Gasteiger partial charge >= 0.3 is 0 Å². The molecule has 0 aliphatic carbocycles. The van der Waals surface area contributed by atoms with Crippen LogP contribution in [0.4, 0.5) is 34.3 Å². The topological polar surface area (TPSA) is 75.0 Å². The fraction of sp³-hybridized carbons (Fsp3) is 0.273. The number of nitrogens with zero attached hydrogens (tertiary/aromatic N) is 2. The summed E-state index contributed by atoms with van der Waals surface area (Å²) >= 11 is 0. The normalized spacial score (nSPS) is 16.5. The lowest BCUT2D eigenvalue weighted by molar-refractivity contribution is 0.296. The van der Waals surface area contributed by atoms with E-state index in [9.17, 15) is 0 Å². The summed E-state index contributed by atoms with van der Waals surface area (Å²) in [4.78, 5) is 4.69. The monoisotopic (exact) mass is 718 g/mol. The number of benzene rings is 5. The highest BCUT2D eigenvalue weighted by atomic mass is 16.5. The second-order valence-electron chi connectivity index (χ2n) is 14.8. The van der Waals surface area contributed by atoms with E-state index in [0.717, 1.165) is 127 Å². The van der Waals surface area contributed by atoms with Crippen LogP contribution < -0.4 is 54.6 Å². The van der Waals surface area contributed by atoms with Crippen LogP contribution in [-0.2, 0) is 0 Å². The van der Waals surface area contributed by atoms with Crippen LogP contribution in [0.1, 0.15) is 36.0 Å². The van der Waals surface area contributed by atoms with E-state index >= 15 is 0 Å². The molecule has 0 radical (unpaired) electrons. The molecule has 0 atom stereocenters. The van der Waals surface area contributed by atoms with Crippen LogP contribution in [0, 0.1) is 20.8 Å². The van der Waals surface area contributed by atoms with Gasteiger partial charge in [-0.25, -0.2) is 0 Å². The summed E-state index contributed by atoms with van der Waals surface area (Å²) in [6.45, 7) is 9.94. The maximum atomic E-state index is 7.02. The summed E-state index contributed by atoms with van der Waals surface area (Å²) in [5.74, 6) is 5.38. The molecule has 5 aromatic carbocycles. The summed E-state index contributed by atoms with van der Waals surface area (Å²) in [5, 5.41) is 1.08. The number of anilines is 6. The van der Waals surface area contributed by atoms with E-state index in [1.165, 1.54) is 5.46 Å². The lowest BCUT2D eigenvalue weighted by atomic mass is 9.33. The van der Waals surface area contributed by atoms with Gasteiger partial charge in [0.05, 0.1) is 51.0 Å². The number of hydrogen-bond acceptors (Lipinski definition) is 9. The zero-order valence-electron chi connectivity index (χ0n) is 30.6. The van der Waals surface area contributed by atoms with E-state index in [1.807, 2.05) is 12.1 Å². The van der Waals surface area contributed by atoms with E-state index in [4.69, 9.17) is 32.8 Å². The molecule has 0 fully saturated rings. The van der Waals surface area contributed by atoms with Crippen LogP contribution >= 0.6 is 0 Å². The minimum absolute atomic E-state index is 0.171. The third kappa shape index (κ3) is 4.64. The first-order valence-electron chi connectivity index (χ1n) is 19.0.